The number of rotatable bonds is 7. The zero-order valence-corrected chi connectivity index (χ0v) is 21.6. The molecule has 0 saturated carbocycles. The van der Waals surface area contributed by atoms with E-state index in [1.165, 1.54) is 17.8 Å². The van der Waals surface area contributed by atoms with Gasteiger partial charge in [-0.1, -0.05) is 71.9 Å². The summed E-state index contributed by atoms with van der Waals surface area (Å²) in [5.41, 5.74) is 2.85. The number of benzene rings is 3. The van der Waals surface area contributed by atoms with E-state index in [4.69, 9.17) is 16.3 Å². The number of hydrogen-bond acceptors (Lipinski definition) is 6. The third-order valence-corrected chi connectivity index (χ3v) is 7.18. The molecule has 5 rings (SSSR count). The van der Waals surface area contributed by atoms with Crippen LogP contribution in [0.3, 0.4) is 0 Å². The second kappa shape index (κ2) is 10.7. The van der Waals surface area contributed by atoms with Crippen molar-refractivity contribution in [2.24, 2.45) is 0 Å². The predicted octanol–water partition coefficient (Wildman–Crippen LogP) is 6.30. The van der Waals surface area contributed by atoms with E-state index >= 15 is 0 Å². The molecule has 37 heavy (non-hydrogen) atoms. The zero-order chi connectivity index (χ0) is 25.9. The van der Waals surface area contributed by atoms with Crippen molar-refractivity contribution in [2.45, 2.75) is 23.9 Å². The molecule has 3 aromatic carbocycles. The van der Waals surface area contributed by atoms with Crippen molar-refractivity contribution in [3.05, 3.63) is 106 Å². The van der Waals surface area contributed by atoms with Crippen LogP contribution in [-0.4, -0.2) is 27.8 Å². The van der Waals surface area contributed by atoms with Crippen LogP contribution in [0.1, 0.15) is 24.1 Å². The summed E-state index contributed by atoms with van der Waals surface area (Å²) in [6, 6.07) is 20.5. The number of hydrogen-bond donors (Lipinski definition) is 2. The molecule has 188 valence electrons. The number of carbonyl (C=O) groups is 1. The third kappa shape index (κ3) is 5.05. The van der Waals surface area contributed by atoms with Crippen LogP contribution in [0.15, 0.2) is 89.2 Å². The van der Waals surface area contributed by atoms with Gasteiger partial charge in [-0.3, -0.25) is 4.79 Å². The fourth-order valence-electron chi connectivity index (χ4n) is 4.17. The quantitative estimate of drug-likeness (QED) is 0.270. The highest BCUT2D eigenvalue weighted by atomic mass is 35.5. The number of halogens is 2. The number of amides is 1. The summed E-state index contributed by atoms with van der Waals surface area (Å²) in [6.07, 6.45) is 0. The average molecular weight is 536 g/mol. The third-order valence-electron chi connectivity index (χ3n) is 5.95. The zero-order valence-electron chi connectivity index (χ0n) is 20.0. The first-order valence-electron chi connectivity index (χ1n) is 11.5. The topological polar surface area (TPSA) is 81.1 Å². The maximum atomic E-state index is 14.1. The van der Waals surface area contributed by atoms with Gasteiger partial charge < -0.3 is 15.4 Å². The molecule has 0 bridgehead atoms. The van der Waals surface area contributed by atoms with E-state index in [1.54, 1.807) is 48.2 Å². The molecule has 10 heteroatoms. The van der Waals surface area contributed by atoms with Crippen LogP contribution < -0.4 is 15.4 Å². The van der Waals surface area contributed by atoms with Crippen molar-refractivity contribution in [3.63, 3.8) is 0 Å². The summed E-state index contributed by atoms with van der Waals surface area (Å²) < 4.78 is 21.2. The summed E-state index contributed by atoms with van der Waals surface area (Å²) in [6.45, 7) is 1.81. The van der Waals surface area contributed by atoms with E-state index in [2.05, 4.69) is 20.7 Å². The van der Waals surface area contributed by atoms with Gasteiger partial charge in [0.15, 0.2) is 0 Å². The Balaban J connectivity index is 1.51. The summed E-state index contributed by atoms with van der Waals surface area (Å²) in [5.74, 6) is 0.758. The van der Waals surface area contributed by atoms with Crippen molar-refractivity contribution in [1.82, 2.24) is 14.8 Å². The number of para-hydroxylation sites is 2. The SMILES string of the molecule is COc1ccccc1NC(=O)C1=C(C)Nc2nc(SCc3ccccc3F)nn2C1c1ccccc1Cl. The summed E-state index contributed by atoms with van der Waals surface area (Å²) in [4.78, 5) is 18.3. The molecule has 1 aliphatic rings. The fourth-order valence-corrected chi connectivity index (χ4v) is 5.22. The van der Waals surface area contributed by atoms with E-state index in [1.807, 2.05) is 37.3 Å². The molecule has 1 aliphatic heterocycles. The second-order valence-electron chi connectivity index (χ2n) is 8.28. The number of nitrogens with one attached hydrogen (secondary N) is 2. The van der Waals surface area contributed by atoms with E-state index in [9.17, 15) is 9.18 Å². The Morgan fingerprint density at radius 3 is 2.65 bits per heavy atom. The molecule has 0 aliphatic carbocycles. The van der Waals surface area contributed by atoms with Crippen LogP contribution in [-0.2, 0) is 10.5 Å². The molecule has 1 atom stereocenters. The Hall–Kier alpha value is -3.82. The number of anilines is 2. The first-order valence-corrected chi connectivity index (χ1v) is 12.8. The van der Waals surface area contributed by atoms with Gasteiger partial charge in [-0.05, 0) is 36.8 Å². The lowest BCUT2D eigenvalue weighted by Crippen LogP contribution is -2.31. The standard InChI is InChI=1S/C27H23ClFN5O2S/c1-16-23(25(35)31-21-13-7-8-14-22(21)36-2)24(18-10-4-5-11-19(18)28)34-26(30-16)32-27(33-34)37-15-17-9-3-6-12-20(17)29/h3-14,24H,15H2,1-2H3,(H,31,35)(H,30,32,33). The molecule has 0 spiro atoms. The predicted molar refractivity (Wildman–Crippen MR) is 144 cm³/mol. The second-order valence-corrected chi connectivity index (χ2v) is 9.63. The Labute approximate surface area is 222 Å². The molecule has 2 heterocycles. The fraction of sp³-hybridized carbons (Fsp3) is 0.148. The molecule has 0 saturated heterocycles. The molecule has 2 N–H and O–H groups in total. The molecule has 1 amide bonds. The van der Waals surface area contributed by atoms with Crippen molar-refractivity contribution < 1.29 is 13.9 Å². The van der Waals surface area contributed by atoms with Gasteiger partial charge in [0.05, 0.1) is 18.4 Å². The van der Waals surface area contributed by atoms with E-state index in [0.717, 1.165) is 0 Å². The maximum Gasteiger partial charge on any atom is 0.255 e. The van der Waals surface area contributed by atoms with Crippen molar-refractivity contribution in [2.75, 3.05) is 17.7 Å². The van der Waals surface area contributed by atoms with Gasteiger partial charge in [-0.15, -0.1) is 5.10 Å². The number of allylic oxidation sites excluding steroid dienone is 1. The highest BCUT2D eigenvalue weighted by molar-refractivity contribution is 7.98. The molecule has 0 radical (unpaired) electrons. The minimum absolute atomic E-state index is 0.279. The molecule has 1 aromatic heterocycles. The Kier molecular flexibility index (Phi) is 7.16. The molecular formula is C27H23ClFN5O2S. The Bertz CT molecular complexity index is 1510. The van der Waals surface area contributed by atoms with Crippen LogP contribution >= 0.6 is 23.4 Å². The number of methoxy groups -OCH3 is 1. The summed E-state index contributed by atoms with van der Waals surface area (Å²) >= 11 is 7.92. The molecule has 4 aromatic rings. The molecule has 7 nitrogen and oxygen atoms in total. The number of thioether (sulfide) groups is 1. The van der Waals surface area contributed by atoms with Gasteiger partial charge in [0, 0.05) is 22.0 Å². The smallest absolute Gasteiger partial charge is 0.255 e. The lowest BCUT2D eigenvalue weighted by molar-refractivity contribution is -0.113. The van der Waals surface area contributed by atoms with Gasteiger partial charge >= 0.3 is 0 Å². The van der Waals surface area contributed by atoms with Crippen LogP contribution in [0, 0.1) is 5.82 Å². The van der Waals surface area contributed by atoms with E-state index in [0.29, 0.717) is 55.7 Å². The van der Waals surface area contributed by atoms with Crippen molar-refractivity contribution in [1.29, 1.82) is 0 Å². The van der Waals surface area contributed by atoms with Gasteiger partial charge in [0.1, 0.15) is 17.6 Å². The molecule has 0 fully saturated rings. The number of ether oxygens (including phenoxy) is 1. The first-order chi connectivity index (χ1) is 18.0. The molecule has 1 unspecified atom stereocenters. The average Bonchev–Trinajstić information content (AvgIpc) is 3.30. The van der Waals surface area contributed by atoms with Crippen LogP contribution in [0.5, 0.6) is 5.75 Å². The number of nitrogens with zero attached hydrogens (tertiary/aromatic N) is 3. The van der Waals surface area contributed by atoms with E-state index in [-0.39, 0.29) is 11.7 Å². The van der Waals surface area contributed by atoms with Crippen molar-refractivity contribution >= 4 is 40.9 Å². The first kappa shape index (κ1) is 24.9. The van der Waals surface area contributed by atoms with E-state index < -0.39 is 6.04 Å². The number of carbonyl (C=O) groups excluding carboxylic acids is 1. The summed E-state index contributed by atoms with van der Waals surface area (Å²) in [5, 5.41) is 11.8. The minimum atomic E-state index is -0.644. The minimum Gasteiger partial charge on any atom is -0.495 e. The Morgan fingerprint density at radius 2 is 1.86 bits per heavy atom. The summed E-state index contributed by atoms with van der Waals surface area (Å²) in [7, 11) is 1.55. The van der Waals surface area contributed by atoms with Gasteiger partial charge in [0.2, 0.25) is 11.1 Å². The highest BCUT2D eigenvalue weighted by Gasteiger charge is 2.35. The lowest BCUT2D eigenvalue weighted by atomic mass is 9.95. The van der Waals surface area contributed by atoms with Gasteiger partial charge in [0.25, 0.3) is 5.91 Å². The van der Waals surface area contributed by atoms with Crippen LogP contribution in [0.2, 0.25) is 5.02 Å². The normalized spacial score (nSPS) is 14.6. The monoisotopic (exact) mass is 535 g/mol. The van der Waals surface area contributed by atoms with Gasteiger partial charge in [-0.2, -0.15) is 4.98 Å². The highest BCUT2D eigenvalue weighted by Crippen LogP contribution is 2.40. The lowest BCUT2D eigenvalue weighted by Gasteiger charge is -2.29. The largest absolute Gasteiger partial charge is 0.495 e. The Morgan fingerprint density at radius 1 is 1.14 bits per heavy atom. The maximum absolute atomic E-state index is 14.1. The number of aromatic nitrogens is 3. The van der Waals surface area contributed by atoms with Crippen LogP contribution in [0.25, 0.3) is 0 Å². The van der Waals surface area contributed by atoms with Crippen LogP contribution in [0.4, 0.5) is 16.0 Å². The van der Waals surface area contributed by atoms with Gasteiger partial charge in [-0.25, -0.2) is 9.07 Å². The number of fused-ring (bicyclic) bond motifs is 1. The van der Waals surface area contributed by atoms with Crippen molar-refractivity contribution in [3.8, 4) is 5.75 Å². The molecular weight excluding hydrogens is 513 g/mol.